The zero-order valence-corrected chi connectivity index (χ0v) is 20.8. The second-order valence-corrected chi connectivity index (χ2v) is 10.00. The van der Waals surface area contributed by atoms with E-state index < -0.39 is 0 Å². The van der Waals surface area contributed by atoms with Crippen LogP contribution < -0.4 is 0 Å². The van der Waals surface area contributed by atoms with E-state index in [2.05, 4.69) is 55.8 Å². The van der Waals surface area contributed by atoms with Crippen LogP contribution >= 0.6 is 11.3 Å². The largest absolute Gasteiger partial charge is 0.338 e. The number of carbonyl (C=O) groups is 1. The van der Waals surface area contributed by atoms with E-state index in [1.807, 2.05) is 47.1 Å². The van der Waals surface area contributed by atoms with E-state index in [-0.39, 0.29) is 11.9 Å². The first-order valence-electron chi connectivity index (χ1n) is 12.2. The van der Waals surface area contributed by atoms with Gasteiger partial charge in [0.1, 0.15) is 0 Å². The molecule has 0 radical (unpaired) electrons. The van der Waals surface area contributed by atoms with Crippen LogP contribution in [0.1, 0.15) is 34.5 Å². The average molecular weight is 486 g/mol. The van der Waals surface area contributed by atoms with E-state index in [0.717, 1.165) is 44.5 Å². The minimum absolute atomic E-state index is 0.121. The molecule has 180 valence electrons. The number of hydrogen-bond donors (Lipinski definition) is 0. The minimum Gasteiger partial charge on any atom is -0.338 e. The molecule has 1 atom stereocenters. The number of rotatable bonds is 8. The van der Waals surface area contributed by atoms with Gasteiger partial charge in [-0.15, -0.1) is 0 Å². The average Bonchev–Trinajstić information content (AvgIpc) is 3.61. The van der Waals surface area contributed by atoms with Crippen LogP contribution in [0.2, 0.25) is 0 Å². The Balaban J connectivity index is 1.27. The molecule has 0 spiro atoms. The summed E-state index contributed by atoms with van der Waals surface area (Å²) in [4.78, 5) is 26.5. The van der Waals surface area contributed by atoms with Gasteiger partial charge in [0, 0.05) is 49.3 Å². The van der Waals surface area contributed by atoms with Gasteiger partial charge in [0.25, 0.3) is 5.91 Å². The van der Waals surface area contributed by atoms with E-state index in [0.29, 0.717) is 11.9 Å². The Bertz CT molecular complexity index is 1200. The molecule has 6 nitrogen and oxygen atoms in total. The molecule has 0 bridgehead atoms. The summed E-state index contributed by atoms with van der Waals surface area (Å²) < 4.78 is 2.07. The Kier molecular flexibility index (Phi) is 7.35. The first kappa shape index (κ1) is 23.5. The molecular formula is C28H31N5OS. The molecule has 0 N–H and O–H groups in total. The number of thiophene rings is 1. The lowest BCUT2D eigenvalue weighted by atomic mass is 9.84. The highest BCUT2D eigenvalue weighted by molar-refractivity contribution is 7.08. The maximum Gasteiger partial charge on any atom is 0.254 e. The third-order valence-corrected chi connectivity index (χ3v) is 7.72. The summed E-state index contributed by atoms with van der Waals surface area (Å²) in [6.07, 6.45) is 8.60. The van der Waals surface area contributed by atoms with Crippen molar-refractivity contribution in [3.63, 3.8) is 0 Å². The van der Waals surface area contributed by atoms with Crippen LogP contribution in [0.4, 0.5) is 0 Å². The smallest absolute Gasteiger partial charge is 0.254 e. The van der Waals surface area contributed by atoms with E-state index >= 15 is 0 Å². The number of nitrogens with zero attached hydrogens (tertiary/aromatic N) is 5. The van der Waals surface area contributed by atoms with Gasteiger partial charge in [-0.25, -0.2) is 9.97 Å². The molecule has 1 aliphatic rings. The first-order chi connectivity index (χ1) is 17.2. The number of carbonyl (C=O) groups excluding carboxylic acids is 1. The topological polar surface area (TPSA) is 54.3 Å². The fourth-order valence-corrected chi connectivity index (χ4v) is 5.73. The van der Waals surface area contributed by atoms with Gasteiger partial charge in [-0.05, 0) is 73.5 Å². The van der Waals surface area contributed by atoms with Crippen molar-refractivity contribution in [1.29, 1.82) is 0 Å². The van der Waals surface area contributed by atoms with Crippen LogP contribution in [-0.2, 0) is 13.0 Å². The molecule has 5 rings (SSSR count). The van der Waals surface area contributed by atoms with Gasteiger partial charge in [-0.1, -0.05) is 30.3 Å². The quantitative estimate of drug-likeness (QED) is 0.355. The normalized spacial score (nSPS) is 15.7. The molecule has 0 saturated carbocycles. The standard InChI is InChI=1S/C28H31N5OS/c1-31(27(34)24-12-18-35-21-24)26(19-22-7-3-2-4-8-22)23-10-16-32(17-11-23)20-25-9-5-15-33(25)28-29-13-6-14-30-28/h2-9,12-15,18,21,23,26H,10-11,16-17,19-20H2,1H3. The Hall–Kier alpha value is -3.29. The third-order valence-electron chi connectivity index (χ3n) is 7.04. The lowest BCUT2D eigenvalue weighted by Gasteiger charge is -2.40. The fourth-order valence-electron chi connectivity index (χ4n) is 5.10. The molecule has 3 aromatic heterocycles. The molecule has 1 amide bonds. The van der Waals surface area contributed by atoms with Crippen LogP contribution in [-0.4, -0.2) is 56.4 Å². The summed E-state index contributed by atoms with van der Waals surface area (Å²) >= 11 is 1.57. The lowest BCUT2D eigenvalue weighted by molar-refractivity contribution is 0.0584. The molecule has 0 aliphatic carbocycles. The van der Waals surface area contributed by atoms with Crippen LogP contribution in [0.3, 0.4) is 0 Å². The number of benzene rings is 1. The number of likely N-dealkylation sites (N-methyl/N-ethyl adjacent to an activating group) is 1. The Morgan fingerprint density at radius 3 is 2.54 bits per heavy atom. The number of amides is 1. The molecule has 7 heteroatoms. The predicted molar refractivity (Wildman–Crippen MR) is 140 cm³/mol. The zero-order chi connectivity index (χ0) is 24.0. The van der Waals surface area contributed by atoms with Gasteiger partial charge in [-0.3, -0.25) is 14.3 Å². The van der Waals surface area contributed by atoms with Crippen LogP contribution in [0.15, 0.2) is 83.9 Å². The molecule has 1 aromatic carbocycles. The predicted octanol–water partition coefficient (Wildman–Crippen LogP) is 4.92. The summed E-state index contributed by atoms with van der Waals surface area (Å²) in [5.74, 6) is 1.29. The summed E-state index contributed by atoms with van der Waals surface area (Å²) in [6, 6.07) is 18.7. The monoisotopic (exact) mass is 485 g/mol. The summed E-state index contributed by atoms with van der Waals surface area (Å²) in [6.45, 7) is 2.89. The van der Waals surface area contributed by atoms with Crippen molar-refractivity contribution in [2.45, 2.75) is 31.8 Å². The maximum atomic E-state index is 13.2. The van der Waals surface area contributed by atoms with Crippen molar-refractivity contribution in [3.8, 4) is 5.95 Å². The number of piperidine rings is 1. The molecule has 4 heterocycles. The van der Waals surface area contributed by atoms with Gasteiger partial charge >= 0.3 is 0 Å². The van der Waals surface area contributed by atoms with Crippen LogP contribution in [0, 0.1) is 5.92 Å². The number of aromatic nitrogens is 3. The van der Waals surface area contributed by atoms with Crippen molar-refractivity contribution in [2.75, 3.05) is 20.1 Å². The Morgan fingerprint density at radius 2 is 1.83 bits per heavy atom. The highest BCUT2D eigenvalue weighted by Crippen LogP contribution is 2.28. The van der Waals surface area contributed by atoms with Gasteiger partial charge in [0.05, 0.1) is 5.56 Å². The maximum absolute atomic E-state index is 13.2. The van der Waals surface area contributed by atoms with Crippen LogP contribution in [0.5, 0.6) is 0 Å². The second kappa shape index (κ2) is 11.0. The van der Waals surface area contributed by atoms with E-state index in [1.54, 1.807) is 23.7 Å². The number of likely N-dealkylation sites (tertiary alicyclic amines) is 1. The van der Waals surface area contributed by atoms with Gasteiger partial charge < -0.3 is 4.90 Å². The highest BCUT2D eigenvalue weighted by Gasteiger charge is 2.32. The Morgan fingerprint density at radius 1 is 1.06 bits per heavy atom. The Labute approximate surface area is 210 Å². The molecular weight excluding hydrogens is 454 g/mol. The molecule has 35 heavy (non-hydrogen) atoms. The fraction of sp³-hybridized carbons (Fsp3) is 0.321. The molecule has 4 aromatic rings. The molecule has 1 aliphatic heterocycles. The third kappa shape index (κ3) is 5.52. The van der Waals surface area contributed by atoms with Crippen molar-refractivity contribution < 1.29 is 4.79 Å². The highest BCUT2D eigenvalue weighted by atomic mass is 32.1. The van der Waals surface area contributed by atoms with E-state index in [9.17, 15) is 4.79 Å². The second-order valence-electron chi connectivity index (χ2n) is 9.22. The van der Waals surface area contributed by atoms with Crippen LogP contribution in [0.25, 0.3) is 5.95 Å². The summed E-state index contributed by atoms with van der Waals surface area (Å²) in [5.41, 5.74) is 3.27. The molecule has 1 fully saturated rings. The van der Waals surface area contributed by atoms with E-state index in [4.69, 9.17) is 0 Å². The molecule has 1 unspecified atom stereocenters. The summed E-state index contributed by atoms with van der Waals surface area (Å²) in [5, 5.41) is 3.93. The van der Waals surface area contributed by atoms with Crippen molar-refractivity contribution >= 4 is 17.2 Å². The summed E-state index contributed by atoms with van der Waals surface area (Å²) in [7, 11) is 1.98. The van der Waals surface area contributed by atoms with Crippen molar-refractivity contribution in [2.24, 2.45) is 5.92 Å². The van der Waals surface area contributed by atoms with Gasteiger partial charge in [-0.2, -0.15) is 11.3 Å². The van der Waals surface area contributed by atoms with Crippen molar-refractivity contribution in [1.82, 2.24) is 24.3 Å². The molecule has 1 saturated heterocycles. The lowest BCUT2D eigenvalue weighted by Crippen LogP contribution is -2.47. The first-order valence-corrected chi connectivity index (χ1v) is 13.1. The van der Waals surface area contributed by atoms with E-state index in [1.165, 1.54) is 11.3 Å². The van der Waals surface area contributed by atoms with Gasteiger partial charge in [0.2, 0.25) is 5.95 Å². The zero-order valence-electron chi connectivity index (χ0n) is 20.0. The van der Waals surface area contributed by atoms with Gasteiger partial charge in [0.15, 0.2) is 0 Å². The SMILES string of the molecule is CN(C(=O)c1ccsc1)C(Cc1ccccc1)C1CCN(Cc2cccn2-c2ncccn2)CC1. The minimum atomic E-state index is 0.121. The van der Waals surface area contributed by atoms with Crippen molar-refractivity contribution in [3.05, 3.63) is 101 Å². The number of hydrogen-bond acceptors (Lipinski definition) is 5.